The number of para-hydroxylation sites is 1. The maximum atomic E-state index is 12.3. The van der Waals surface area contributed by atoms with E-state index in [9.17, 15) is 10.1 Å². The SMILES string of the molecule is O=[N+]([O-])c1c(N2CCN(C3CCCCC3)CC2)ncnc1N1CCc2c([nH]c3ccccc23)C1. The molecule has 9 nitrogen and oxygen atoms in total. The van der Waals surface area contributed by atoms with Crippen molar-refractivity contribution in [3.8, 4) is 0 Å². The van der Waals surface area contributed by atoms with E-state index in [-0.39, 0.29) is 10.6 Å². The topological polar surface area (TPSA) is 94.4 Å². The van der Waals surface area contributed by atoms with Crippen molar-refractivity contribution < 1.29 is 4.92 Å². The maximum Gasteiger partial charge on any atom is 0.353 e. The smallest absolute Gasteiger partial charge is 0.353 e. The summed E-state index contributed by atoms with van der Waals surface area (Å²) in [5.74, 6) is 0.884. The van der Waals surface area contributed by atoms with Gasteiger partial charge < -0.3 is 14.8 Å². The van der Waals surface area contributed by atoms with E-state index in [2.05, 4.69) is 43.0 Å². The molecule has 3 aliphatic rings. The van der Waals surface area contributed by atoms with Crippen LogP contribution in [0.25, 0.3) is 10.9 Å². The molecular formula is C25H31N7O2. The zero-order valence-corrected chi connectivity index (χ0v) is 19.4. The molecule has 1 saturated carbocycles. The summed E-state index contributed by atoms with van der Waals surface area (Å²) in [6.07, 6.45) is 8.87. The fraction of sp³-hybridized carbons (Fsp3) is 0.520. The number of nitro groups is 1. The number of aromatic amines is 1. The molecular weight excluding hydrogens is 430 g/mol. The molecule has 0 spiro atoms. The van der Waals surface area contributed by atoms with Gasteiger partial charge in [0, 0.05) is 55.4 Å². The molecule has 2 aliphatic heterocycles. The minimum atomic E-state index is -0.293. The fourth-order valence-corrected chi connectivity index (χ4v) is 6.11. The van der Waals surface area contributed by atoms with Crippen LogP contribution in [0.4, 0.5) is 17.3 Å². The average molecular weight is 462 g/mol. The highest BCUT2D eigenvalue weighted by atomic mass is 16.6. The first-order valence-corrected chi connectivity index (χ1v) is 12.5. The second-order valence-corrected chi connectivity index (χ2v) is 9.74. The highest BCUT2D eigenvalue weighted by Gasteiger charge is 2.34. The van der Waals surface area contributed by atoms with Crippen LogP contribution in [0.15, 0.2) is 30.6 Å². The number of anilines is 2. The zero-order chi connectivity index (χ0) is 23.1. The summed E-state index contributed by atoms with van der Waals surface area (Å²) >= 11 is 0. The molecule has 0 amide bonds. The molecule has 0 radical (unpaired) electrons. The molecule has 6 rings (SSSR count). The van der Waals surface area contributed by atoms with E-state index in [1.54, 1.807) is 0 Å². The Labute approximate surface area is 198 Å². The molecule has 3 aromatic rings. The average Bonchev–Trinajstić information content (AvgIpc) is 3.26. The Bertz CT molecular complexity index is 1200. The number of nitrogens with one attached hydrogen (secondary N) is 1. The molecule has 1 aliphatic carbocycles. The van der Waals surface area contributed by atoms with Crippen LogP contribution in [0.3, 0.4) is 0 Å². The number of fused-ring (bicyclic) bond motifs is 3. The first-order valence-electron chi connectivity index (χ1n) is 12.5. The number of aromatic nitrogens is 3. The van der Waals surface area contributed by atoms with E-state index < -0.39 is 0 Å². The van der Waals surface area contributed by atoms with Crippen molar-refractivity contribution in [2.45, 2.75) is 51.1 Å². The molecule has 9 heteroatoms. The van der Waals surface area contributed by atoms with E-state index in [1.165, 1.54) is 49.4 Å². The predicted octanol–water partition coefficient (Wildman–Crippen LogP) is 3.88. The summed E-state index contributed by atoms with van der Waals surface area (Å²) in [4.78, 5) is 31.0. The summed E-state index contributed by atoms with van der Waals surface area (Å²) in [5.41, 5.74) is 3.57. The van der Waals surface area contributed by atoms with Crippen molar-refractivity contribution in [2.75, 3.05) is 42.5 Å². The van der Waals surface area contributed by atoms with Crippen molar-refractivity contribution in [3.05, 3.63) is 52.0 Å². The van der Waals surface area contributed by atoms with Crippen LogP contribution in [0, 0.1) is 10.1 Å². The molecule has 34 heavy (non-hydrogen) atoms. The lowest BCUT2D eigenvalue weighted by Gasteiger charge is -2.41. The highest BCUT2D eigenvalue weighted by molar-refractivity contribution is 5.85. The van der Waals surface area contributed by atoms with Crippen molar-refractivity contribution in [3.63, 3.8) is 0 Å². The van der Waals surface area contributed by atoms with Gasteiger partial charge in [0.1, 0.15) is 6.33 Å². The fourth-order valence-electron chi connectivity index (χ4n) is 6.11. The predicted molar refractivity (Wildman–Crippen MR) is 132 cm³/mol. The molecule has 1 aromatic carbocycles. The minimum Gasteiger partial charge on any atom is -0.357 e. The van der Waals surface area contributed by atoms with Gasteiger partial charge in [0.05, 0.1) is 11.5 Å². The molecule has 2 aromatic heterocycles. The van der Waals surface area contributed by atoms with Gasteiger partial charge in [-0.15, -0.1) is 0 Å². The number of rotatable bonds is 4. The van der Waals surface area contributed by atoms with Crippen LogP contribution in [-0.2, 0) is 13.0 Å². The van der Waals surface area contributed by atoms with Gasteiger partial charge in [0.15, 0.2) is 0 Å². The summed E-state index contributed by atoms with van der Waals surface area (Å²) in [7, 11) is 0. The van der Waals surface area contributed by atoms with Crippen LogP contribution >= 0.6 is 0 Å². The second kappa shape index (κ2) is 8.87. The Balaban J connectivity index is 1.25. The van der Waals surface area contributed by atoms with Crippen LogP contribution in [0.5, 0.6) is 0 Å². The lowest BCUT2D eigenvalue weighted by molar-refractivity contribution is -0.383. The first kappa shape index (κ1) is 21.3. The largest absolute Gasteiger partial charge is 0.357 e. The minimum absolute atomic E-state index is 0.0353. The molecule has 1 saturated heterocycles. The summed E-state index contributed by atoms with van der Waals surface area (Å²) < 4.78 is 0. The number of nitrogens with zero attached hydrogens (tertiary/aromatic N) is 6. The molecule has 1 N–H and O–H groups in total. The number of H-pyrrole nitrogens is 1. The van der Waals surface area contributed by atoms with Gasteiger partial charge in [-0.05, 0) is 30.9 Å². The van der Waals surface area contributed by atoms with Gasteiger partial charge in [-0.2, -0.15) is 0 Å². The molecule has 0 atom stereocenters. The summed E-state index contributed by atoms with van der Waals surface area (Å²) in [6.45, 7) is 4.67. The lowest BCUT2D eigenvalue weighted by atomic mass is 9.94. The lowest BCUT2D eigenvalue weighted by Crippen LogP contribution is -2.51. The van der Waals surface area contributed by atoms with E-state index in [1.807, 2.05) is 11.0 Å². The Kier molecular flexibility index (Phi) is 5.57. The molecule has 0 bridgehead atoms. The molecule has 178 valence electrons. The quantitative estimate of drug-likeness (QED) is 0.465. The monoisotopic (exact) mass is 461 g/mol. The Morgan fingerprint density at radius 1 is 0.941 bits per heavy atom. The van der Waals surface area contributed by atoms with Crippen molar-refractivity contribution >= 4 is 28.2 Å². The van der Waals surface area contributed by atoms with Gasteiger partial charge in [-0.1, -0.05) is 37.5 Å². The Morgan fingerprint density at radius 2 is 1.68 bits per heavy atom. The Morgan fingerprint density at radius 3 is 2.44 bits per heavy atom. The van der Waals surface area contributed by atoms with Gasteiger partial charge in [0.2, 0.25) is 11.6 Å². The van der Waals surface area contributed by atoms with Crippen LogP contribution in [0.1, 0.15) is 43.4 Å². The van der Waals surface area contributed by atoms with E-state index >= 15 is 0 Å². The third-order valence-electron chi connectivity index (χ3n) is 7.85. The Hall–Kier alpha value is -3.20. The number of hydrogen-bond donors (Lipinski definition) is 1. The standard InChI is InChI=1S/C25H31N7O2/c33-32(34)23-24(30-14-12-29(13-15-30)18-6-2-1-3-7-18)26-17-27-25(23)31-11-10-20-19-8-4-5-9-21(19)28-22(20)16-31/h4-5,8-9,17-18,28H,1-3,6-7,10-16H2. The van der Waals surface area contributed by atoms with E-state index in [0.717, 1.165) is 43.8 Å². The van der Waals surface area contributed by atoms with Crippen LogP contribution < -0.4 is 9.80 Å². The molecule has 4 heterocycles. The molecule has 2 fully saturated rings. The van der Waals surface area contributed by atoms with E-state index in [4.69, 9.17) is 0 Å². The molecule has 0 unspecified atom stereocenters. The highest BCUT2D eigenvalue weighted by Crippen LogP contribution is 2.38. The van der Waals surface area contributed by atoms with Crippen LogP contribution in [-0.4, -0.2) is 63.5 Å². The summed E-state index contributed by atoms with van der Waals surface area (Å²) in [6, 6.07) is 8.97. The van der Waals surface area contributed by atoms with Gasteiger partial charge in [0.25, 0.3) is 0 Å². The third kappa shape index (κ3) is 3.77. The second-order valence-electron chi connectivity index (χ2n) is 9.74. The maximum absolute atomic E-state index is 12.3. The van der Waals surface area contributed by atoms with Crippen LogP contribution in [0.2, 0.25) is 0 Å². The number of hydrogen-bond acceptors (Lipinski definition) is 7. The number of benzene rings is 1. The van der Waals surface area contributed by atoms with Crippen molar-refractivity contribution in [1.82, 2.24) is 19.9 Å². The zero-order valence-electron chi connectivity index (χ0n) is 19.4. The van der Waals surface area contributed by atoms with Gasteiger partial charge in [-0.3, -0.25) is 15.0 Å². The summed E-state index contributed by atoms with van der Waals surface area (Å²) in [5, 5.41) is 13.5. The third-order valence-corrected chi connectivity index (χ3v) is 7.85. The first-order chi connectivity index (χ1) is 16.7. The van der Waals surface area contributed by atoms with Crippen molar-refractivity contribution in [1.29, 1.82) is 0 Å². The van der Waals surface area contributed by atoms with Gasteiger partial charge in [-0.25, -0.2) is 9.97 Å². The van der Waals surface area contributed by atoms with Crippen molar-refractivity contribution in [2.24, 2.45) is 0 Å². The van der Waals surface area contributed by atoms with Gasteiger partial charge >= 0.3 is 5.69 Å². The normalized spacial score (nSPS) is 20.0. The number of piperazine rings is 1. The van der Waals surface area contributed by atoms with E-state index in [0.29, 0.717) is 30.8 Å².